The van der Waals surface area contributed by atoms with Crippen molar-refractivity contribution in [3.05, 3.63) is 0 Å². The molecule has 146 valence electrons. The molecule has 1 aliphatic rings. The molecule has 1 aliphatic carbocycles. The molecule has 0 aromatic rings. The summed E-state index contributed by atoms with van der Waals surface area (Å²) in [6.07, 6.45) is 14.2. The number of ketones is 1. The van der Waals surface area contributed by atoms with Gasteiger partial charge in [0.15, 0.2) is 0 Å². The largest absolute Gasteiger partial charge is 0.466 e. The van der Waals surface area contributed by atoms with E-state index in [4.69, 9.17) is 4.74 Å². The highest BCUT2D eigenvalue weighted by Gasteiger charge is 2.50. The van der Waals surface area contributed by atoms with Gasteiger partial charge in [-0.15, -0.1) is 0 Å². The second-order valence-electron chi connectivity index (χ2n) is 8.52. The van der Waals surface area contributed by atoms with E-state index in [2.05, 4.69) is 20.8 Å². The van der Waals surface area contributed by atoms with Gasteiger partial charge in [0.05, 0.1) is 6.61 Å². The van der Waals surface area contributed by atoms with Crippen LogP contribution in [0.4, 0.5) is 0 Å². The first-order valence-electron chi connectivity index (χ1n) is 10.6. The van der Waals surface area contributed by atoms with Crippen molar-refractivity contribution >= 4 is 11.8 Å². The third kappa shape index (κ3) is 7.92. The van der Waals surface area contributed by atoms with Crippen molar-refractivity contribution in [2.75, 3.05) is 6.61 Å². The maximum Gasteiger partial charge on any atom is 0.306 e. The highest BCUT2D eigenvalue weighted by Crippen LogP contribution is 2.53. The van der Waals surface area contributed by atoms with Gasteiger partial charge in [-0.3, -0.25) is 9.59 Å². The van der Waals surface area contributed by atoms with Gasteiger partial charge in [-0.05, 0) is 31.1 Å². The predicted molar refractivity (Wildman–Crippen MR) is 103 cm³/mol. The summed E-state index contributed by atoms with van der Waals surface area (Å²) < 4.78 is 5.39. The SMILES string of the molecule is CCCCCCCCCCCCOC(=O)C[C@H]1C[C@@H](C(C)=O)C1(C)C. The van der Waals surface area contributed by atoms with Crippen molar-refractivity contribution in [2.24, 2.45) is 17.3 Å². The molecule has 3 heteroatoms. The molecule has 1 rings (SSSR count). The summed E-state index contributed by atoms with van der Waals surface area (Å²) in [4.78, 5) is 23.5. The minimum atomic E-state index is -0.0870. The maximum absolute atomic E-state index is 12.0. The quantitative estimate of drug-likeness (QED) is 0.280. The zero-order chi connectivity index (χ0) is 18.7. The summed E-state index contributed by atoms with van der Waals surface area (Å²) in [5, 5.41) is 0. The molecule has 0 spiro atoms. The molecule has 0 N–H and O–H groups in total. The monoisotopic (exact) mass is 352 g/mol. The lowest BCUT2D eigenvalue weighted by Crippen LogP contribution is -2.49. The zero-order valence-electron chi connectivity index (χ0n) is 17.1. The van der Waals surface area contributed by atoms with Crippen LogP contribution in [0.2, 0.25) is 0 Å². The van der Waals surface area contributed by atoms with E-state index in [1.807, 2.05) is 0 Å². The lowest BCUT2D eigenvalue weighted by atomic mass is 9.53. The number of carbonyl (C=O) groups is 2. The number of hydrogen-bond acceptors (Lipinski definition) is 3. The second-order valence-corrected chi connectivity index (χ2v) is 8.52. The van der Waals surface area contributed by atoms with Crippen molar-refractivity contribution in [3.63, 3.8) is 0 Å². The Morgan fingerprint density at radius 2 is 1.44 bits per heavy atom. The number of unbranched alkanes of at least 4 members (excludes halogenated alkanes) is 9. The summed E-state index contributed by atoms with van der Waals surface area (Å²) in [5.41, 5.74) is -0.0536. The fourth-order valence-electron chi connectivity index (χ4n) is 4.09. The van der Waals surface area contributed by atoms with Crippen molar-refractivity contribution in [1.29, 1.82) is 0 Å². The summed E-state index contributed by atoms with van der Waals surface area (Å²) >= 11 is 0. The predicted octanol–water partition coefficient (Wildman–Crippen LogP) is 6.09. The average molecular weight is 353 g/mol. The number of rotatable bonds is 14. The molecule has 0 amide bonds. The third-order valence-corrected chi connectivity index (χ3v) is 6.14. The van der Waals surface area contributed by atoms with E-state index < -0.39 is 0 Å². The molecule has 0 aromatic heterocycles. The fraction of sp³-hybridized carbons (Fsp3) is 0.909. The Kier molecular flexibility index (Phi) is 10.4. The number of esters is 1. The van der Waals surface area contributed by atoms with Crippen LogP contribution < -0.4 is 0 Å². The summed E-state index contributed by atoms with van der Waals surface area (Å²) in [5.74, 6) is 0.574. The molecule has 0 unspecified atom stereocenters. The van der Waals surface area contributed by atoms with Gasteiger partial charge in [0.25, 0.3) is 0 Å². The Bertz CT molecular complexity index is 400. The highest BCUT2D eigenvalue weighted by atomic mass is 16.5. The zero-order valence-corrected chi connectivity index (χ0v) is 17.1. The Labute approximate surface area is 155 Å². The first-order valence-corrected chi connectivity index (χ1v) is 10.6. The lowest BCUT2D eigenvalue weighted by molar-refractivity contribution is -0.153. The van der Waals surface area contributed by atoms with Crippen molar-refractivity contribution in [1.82, 2.24) is 0 Å². The molecule has 0 aromatic carbocycles. The normalized spacial score (nSPS) is 21.6. The van der Waals surface area contributed by atoms with E-state index >= 15 is 0 Å². The van der Waals surface area contributed by atoms with Gasteiger partial charge >= 0.3 is 5.97 Å². The molecular weight excluding hydrogens is 312 g/mol. The molecular formula is C22H40O3. The van der Waals surface area contributed by atoms with E-state index in [0.717, 1.165) is 19.3 Å². The molecule has 1 saturated carbocycles. The van der Waals surface area contributed by atoms with Gasteiger partial charge in [-0.2, -0.15) is 0 Å². The molecule has 0 heterocycles. The minimum absolute atomic E-state index is 0.0536. The molecule has 1 fully saturated rings. The molecule has 25 heavy (non-hydrogen) atoms. The van der Waals surface area contributed by atoms with Crippen LogP contribution in [-0.2, 0) is 14.3 Å². The smallest absolute Gasteiger partial charge is 0.306 e. The first kappa shape index (κ1) is 22.2. The Morgan fingerprint density at radius 3 is 1.92 bits per heavy atom. The van der Waals surface area contributed by atoms with E-state index in [9.17, 15) is 9.59 Å². The lowest BCUT2D eigenvalue weighted by Gasteiger charge is -2.50. The number of hydrogen-bond donors (Lipinski definition) is 0. The molecule has 2 atom stereocenters. The van der Waals surface area contributed by atoms with E-state index in [-0.39, 0.29) is 23.1 Å². The van der Waals surface area contributed by atoms with Crippen molar-refractivity contribution in [2.45, 2.75) is 105 Å². The molecule has 0 radical (unpaired) electrons. The first-order chi connectivity index (χ1) is 11.9. The van der Waals surface area contributed by atoms with Gasteiger partial charge < -0.3 is 4.74 Å². The van der Waals surface area contributed by atoms with E-state index in [1.54, 1.807) is 6.92 Å². The average Bonchev–Trinajstić information content (AvgIpc) is 2.55. The van der Waals surface area contributed by atoms with Gasteiger partial charge in [0, 0.05) is 12.3 Å². The third-order valence-electron chi connectivity index (χ3n) is 6.14. The number of ether oxygens (including phenoxy) is 1. The van der Waals surface area contributed by atoms with Crippen molar-refractivity contribution in [3.8, 4) is 0 Å². The Morgan fingerprint density at radius 1 is 0.920 bits per heavy atom. The number of carbonyl (C=O) groups excluding carboxylic acids is 2. The van der Waals surface area contributed by atoms with Crippen LogP contribution in [0.25, 0.3) is 0 Å². The summed E-state index contributed by atoms with van der Waals surface area (Å²) in [6, 6.07) is 0. The second kappa shape index (κ2) is 11.7. The van der Waals surface area contributed by atoms with Crippen molar-refractivity contribution < 1.29 is 14.3 Å². The van der Waals surface area contributed by atoms with E-state index in [1.165, 1.54) is 51.4 Å². The topological polar surface area (TPSA) is 43.4 Å². The van der Waals surface area contributed by atoms with Crippen LogP contribution in [0, 0.1) is 17.3 Å². The Hall–Kier alpha value is -0.860. The summed E-state index contributed by atoms with van der Waals surface area (Å²) in [7, 11) is 0. The minimum Gasteiger partial charge on any atom is -0.466 e. The number of Topliss-reactive ketones (excluding diaryl/α,β-unsaturated/α-hetero) is 1. The molecule has 0 aliphatic heterocycles. The van der Waals surface area contributed by atoms with Crippen LogP contribution in [0.1, 0.15) is 105 Å². The molecule has 3 nitrogen and oxygen atoms in total. The summed E-state index contributed by atoms with van der Waals surface area (Å²) in [6.45, 7) is 8.67. The van der Waals surface area contributed by atoms with E-state index in [0.29, 0.717) is 18.9 Å². The molecule has 0 bridgehead atoms. The van der Waals surface area contributed by atoms with Crippen LogP contribution in [0.5, 0.6) is 0 Å². The highest BCUT2D eigenvalue weighted by molar-refractivity contribution is 5.81. The van der Waals surface area contributed by atoms with Crippen LogP contribution in [0.15, 0.2) is 0 Å². The molecule has 0 saturated heterocycles. The van der Waals surface area contributed by atoms with Crippen LogP contribution >= 0.6 is 0 Å². The fourth-order valence-corrected chi connectivity index (χ4v) is 4.09. The maximum atomic E-state index is 12.0. The van der Waals surface area contributed by atoms with Gasteiger partial charge in [-0.1, -0.05) is 78.6 Å². The standard InChI is InChI=1S/C22H40O3/c1-5-6-7-8-9-10-11-12-13-14-15-25-21(24)17-19-16-20(18(2)23)22(19,3)4/h19-20H,5-17H2,1-4H3/t19-,20+/m1/s1. The van der Waals surface area contributed by atoms with Gasteiger partial charge in [0.1, 0.15) is 5.78 Å². The van der Waals surface area contributed by atoms with Crippen LogP contribution in [-0.4, -0.2) is 18.4 Å². The van der Waals surface area contributed by atoms with Gasteiger partial charge in [0.2, 0.25) is 0 Å². The van der Waals surface area contributed by atoms with Crippen LogP contribution in [0.3, 0.4) is 0 Å². The van der Waals surface area contributed by atoms with Gasteiger partial charge in [-0.25, -0.2) is 0 Å². The Balaban J connectivity index is 1.95.